The van der Waals surface area contributed by atoms with Crippen molar-refractivity contribution in [3.05, 3.63) is 47.2 Å². The van der Waals surface area contributed by atoms with E-state index in [9.17, 15) is 13.6 Å². The highest BCUT2D eigenvalue weighted by Crippen LogP contribution is 2.38. The van der Waals surface area contributed by atoms with E-state index in [4.69, 9.17) is 0 Å². The molecule has 5 heteroatoms. The molecular formula is C14H15F2NO2. The highest BCUT2D eigenvalue weighted by molar-refractivity contribution is 5.84. The normalized spacial score (nSPS) is 23.4. The van der Waals surface area contributed by atoms with Crippen LogP contribution in [-0.4, -0.2) is 25.5 Å². The van der Waals surface area contributed by atoms with Crippen molar-refractivity contribution in [3.8, 4) is 0 Å². The molecule has 0 bridgehead atoms. The summed E-state index contributed by atoms with van der Waals surface area (Å²) in [4.78, 5) is 11.3. The fraction of sp³-hybridized carbons (Fsp3) is 0.357. The van der Waals surface area contributed by atoms with Gasteiger partial charge in [0.15, 0.2) is 0 Å². The zero-order chi connectivity index (χ0) is 13.9. The van der Waals surface area contributed by atoms with Crippen LogP contribution >= 0.6 is 0 Å². The molecule has 1 saturated heterocycles. The second-order valence-corrected chi connectivity index (χ2v) is 4.32. The van der Waals surface area contributed by atoms with Crippen molar-refractivity contribution in [2.45, 2.75) is 18.8 Å². The molecule has 0 aromatic carbocycles. The van der Waals surface area contributed by atoms with Crippen molar-refractivity contribution in [2.24, 2.45) is 0 Å². The van der Waals surface area contributed by atoms with Crippen LogP contribution in [-0.2, 0) is 9.53 Å². The van der Waals surface area contributed by atoms with Crippen molar-refractivity contribution < 1.29 is 18.3 Å². The number of ether oxygens (including phenoxy) is 1. The van der Waals surface area contributed by atoms with Gasteiger partial charge in [0.05, 0.1) is 7.11 Å². The Hall–Kier alpha value is -1.91. The standard InChI is InChI=1S/C14H15F2NO2/c1-19-13(18)9-11-10-5-3-2-4-6-12(10)17-8-7-14(11,15)16/h2-3,5-6,9,17H,4,7-8H2,1H3/b11-9-. The highest BCUT2D eigenvalue weighted by Gasteiger charge is 2.39. The summed E-state index contributed by atoms with van der Waals surface area (Å²) in [6.45, 7) is 0.161. The molecule has 1 aliphatic carbocycles. The van der Waals surface area contributed by atoms with E-state index in [2.05, 4.69) is 10.1 Å². The lowest BCUT2D eigenvalue weighted by Gasteiger charge is -2.18. The minimum absolute atomic E-state index is 0.161. The maximum atomic E-state index is 14.1. The molecule has 1 fully saturated rings. The summed E-state index contributed by atoms with van der Waals surface area (Å²) in [5.41, 5.74) is 0.695. The molecule has 2 aliphatic rings. The first-order valence-electron chi connectivity index (χ1n) is 6.04. The first-order valence-corrected chi connectivity index (χ1v) is 6.04. The van der Waals surface area contributed by atoms with E-state index < -0.39 is 11.9 Å². The zero-order valence-corrected chi connectivity index (χ0v) is 10.6. The van der Waals surface area contributed by atoms with Crippen LogP contribution in [0, 0.1) is 0 Å². The minimum Gasteiger partial charge on any atom is -0.466 e. The molecule has 0 radical (unpaired) electrons. The van der Waals surface area contributed by atoms with Crippen LogP contribution in [0.25, 0.3) is 0 Å². The SMILES string of the molecule is COC(=O)/C=C1/C2=CC=CCC=C2NCCC1(F)F. The van der Waals surface area contributed by atoms with Gasteiger partial charge < -0.3 is 10.1 Å². The van der Waals surface area contributed by atoms with E-state index in [0.29, 0.717) is 17.7 Å². The van der Waals surface area contributed by atoms with Crippen LogP contribution in [0.3, 0.4) is 0 Å². The van der Waals surface area contributed by atoms with Crippen molar-refractivity contribution in [1.82, 2.24) is 5.32 Å². The molecule has 0 atom stereocenters. The number of hydrogen-bond acceptors (Lipinski definition) is 3. The topological polar surface area (TPSA) is 38.3 Å². The molecular weight excluding hydrogens is 252 g/mol. The first kappa shape index (κ1) is 13.5. The lowest BCUT2D eigenvalue weighted by Crippen LogP contribution is -2.22. The molecule has 1 heterocycles. The number of halogens is 2. The Bertz CT molecular complexity index is 502. The summed E-state index contributed by atoms with van der Waals surface area (Å²) in [5, 5.41) is 2.98. The molecule has 0 saturated carbocycles. The predicted molar refractivity (Wildman–Crippen MR) is 67.6 cm³/mol. The van der Waals surface area contributed by atoms with E-state index in [-0.39, 0.29) is 18.5 Å². The van der Waals surface area contributed by atoms with Crippen molar-refractivity contribution in [3.63, 3.8) is 0 Å². The number of rotatable bonds is 1. The van der Waals surface area contributed by atoms with Crippen LogP contribution in [0.1, 0.15) is 12.8 Å². The summed E-state index contributed by atoms with van der Waals surface area (Å²) in [7, 11) is 1.17. The van der Waals surface area contributed by atoms with Crippen LogP contribution < -0.4 is 5.32 Å². The van der Waals surface area contributed by atoms with E-state index in [0.717, 1.165) is 6.08 Å². The van der Waals surface area contributed by atoms with E-state index >= 15 is 0 Å². The summed E-state index contributed by atoms with van der Waals surface area (Å²) in [5.74, 6) is -3.83. The maximum Gasteiger partial charge on any atom is 0.330 e. The van der Waals surface area contributed by atoms with Crippen molar-refractivity contribution >= 4 is 5.97 Å². The Kier molecular flexibility index (Phi) is 3.83. The lowest BCUT2D eigenvalue weighted by atomic mass is 9.96. The Balaban J connectivity index is 2.53. The molecule has 102 valence electrons. The molecule has 19 heavy (non-hydrogen) atoms. The van der Waals surface area contributed by atoms with Gasteiger partial charge in [-0.05, 0) is 6.42 Å². The number of fused-ring (bicyclic) bond motifs is 1. The van der Waals surface area contributed by atoms with Gasteiger partial charge in [-0.25, -0.2) is 13.6 Å². The third-order valence-corrected chi connectivity index (χ3v) is 3.05. The second-order valence-electron chi connectivity index (χ2n) is 4.32. The quantitative estimate of drug-likeness (QED) is 0.586. The molecule has 2 rings (SSSR count). The van der Waals surface area contributed by atoms with Gasteiger partial charge in [0, 0.05) is 35.9 Å². The molecule has 1 aliphatic heterocycles. The highest BCUT2D eigenvalue weighted by atomic mass is 19.3. The zero-order valence-electron chi connectivity index (χ0n) is 10.6. The summed E-state index contributed by atoms with van der Waals surface area (Å²) >= 11 is 0. The summed E-state index contributed by atoms with van der Waals surface area (Å²) in [6, 6.07) is 0. The number of alkyl halides is 2. The number of esters is 1. The second kappa shape index (κ2) is 5.38. The number of carbonyl (C=O) groups excluding carboxylic acids is 1. The van der Waals surface area contributed by atoms with Crippen LogP contribution in [0.4, 0.5) is 8.78 Å². The molecule has 0 aromatic heterocycles. The van der Waals surface area contributed by atoms with Gasteiger partial charge in [0.2, 0.25) is 0 Å². The Morgan fingerprint density at radius 1 is 1.53 bits per heavy atom. The lowest BCUT2D eigenvalue weighted by molar-refractivity contribution is -0.135. The molecule has 3 nitrogen and oxygen atoms in total. The molecule has 0 aromatic rings. The van der Waals surface area contributed by atoms with Crippen molar-refractivity contribution in [2.75, 3.05) is 13.7 Å². The first-order chi connectivity index (χ1) is 9.04. The van der Waals surface area contributed by atoms with E-state index in [1.54, 1.807) is 12.2 Å². The van der Waals surface area contributed by atoms with Gasteiger partial charge >= 0.3 is 5.97 Å². The third-order valence-electron chi connectivity index (χ3n) is 3.05. The van der Waals surface area contributed by atoms with Gasteiger partial charge in [-0.2, -0.15) is 0 Å². The van der Waals surface area contributed by atoms with E-state index in [1.165, 1.54) is 7.11 Å². The van der Waals surface area contributed by atoms with Gasteiger partial charge in [-0.1, -0.05) is 24.3 Å². The molecule has 0 unspecified atom stereocenters. The van der Waals surface area contributed by atoms with Gasteiger partial charge in [-0.15, -0.1) is 0 Å². The minimum atomic E-state index is -3.05. The summed E-state index contributed by atoms with van der Waals surface area (Å²) in [6.07, 6.45) is 8.21. The molecule has 0 amide bonds. The Morgan fingerprint density at radius 2 is 2.32 bits per heavy atom. The van der Waals surface area contributed by atoms with Gasteiger partial charge in [0.25, 0.3) is 5.92 Å². The van der Waals surface area contributed by atoms with Gasteiger partial charge in [-0.3, -0.25) is 0 Å². The van der Waals surface area contributed by atoms with Crippen LogP contribution in [0.2, 0.25) is 0 Å². The van der Waals surface area contributed by atoms with Crippen LogP contribution in [0.15, 0.2) is 47.2 Å². The number of carbonyl (C=O) groups is 1. The van der Waals surface area contributed by atoms with Crippen molar-refractivity contribution in [1.29, 1.82) is 0 Å². The largest absolute Gasteiger partial charge is 0.466 e. The number of hydrogen-bond donors (Lipinski definition) is 1. The molecule has 1 N–H and O–H groups in total. The Labute approximate surface area is 110 Å². The fourth-order valence-electron chi connectivity index (χ4n) is 2.08. The third kappa shape index (κ3) is 2.92. The van der Waals surface area contributed by atoms with Crippen LogP contribution in [0.5, 0.6) is 0 Å². The molecule has 0 spiro atoms. The average Bonchev–Trinajstić information content (AvgIpc) is 2.65. The summed E-state index contributed by atoms with van der Waals surface area (Å²) < 4.78 is 32.7. The van der Waals surface area contributed by atoms with Gasteiger partial charge in [0.1, 0.15) is 0 Å². The monoisotopic (exact) mass is 267 g/mol. The fourth-order valence-corrected chi connectivity index (χ4v) is 2.08. The average molecular weight is 267 g/mol. The number of methoxy groups -OCH3 is 1. The smallest absolute Gasteiger partial charge is 0.330 e. The predicted octanol–water partition coefficient (Wildman–Crippen LogP) is 2.48. The number of nitrogens with one attached hydrogen (secondary N) is 1. The Morgan fingerprint density at radius 3 is 3.05 bits per heavy atom. The number of allylic oxidation sites excluding steroid dienone is 5. The maximum absolute atomic E-state index is 14.1. The van der Waals surface area contributed by atoms with E-state index in [1.807, 2.05) is 12.2 Å².